The van der Waals surface area contributed by atoms with Crippen molar-refractivity contribution in [3.63, 3.8) is 0 Å². The molecule has 1 saturated carbocycles. The van der Waals surface area contributed by atoms with Gasteiger partial charge in [-0.2, -0.15) is 0 Å². The molecule has 0 bridgehead atoms. The van der Waals surface area contributed by atoms with Crippen LogP contribution in [-0.4, -0.2) is 12.7 Å². The van der Waals surface area contributed by atoms with E-state index in [9.17, 15) is 4.39 Å². The van der Waals surface area contributed by atoms with Crippen LogP contribution < -0.4 is 5.73 Å². The van der Waals surface area contributed by atoms with Gasteiger partial charge in [0.05, 0.1) is 0 Å². The highest BCUT2D eigenvalue weighted by molar-refractivity contribution is 4.78. The fourth-order valence-electron chi connectivity index (χ4n) is 2.58. The van der Waals surface area contributed by atoms with E-state index in [0.29, 0.717) is 18.4 Å². The van der Waals surface area contributed by atoms with Crippen LogP contribution in [-0.2, 0) is 0 Å². The first-order valence-corrected chi connectivity index (χ1v) is 5.99. The summed E-state index contributed by atoms with van der Waals surface area (Å²) < 4.78 is 13.9. The summed E-state index contributed by atoms with van der Waals surface area (Å²) in [5.74, 6) is 1.07. The number of nitrogens with two attached hydrogens (primary N) is 1. The number of hydrogen-bond donors (Lipinski definition) is 1. The molecule has 0 radical (unpaired) electrons. The van der Waals surface area contributed by atoms with Gasteiger partial charge in [-0.05, 0) is 24.8 Å². The van der Waals surface area contributed by atoms with Crippen LogP contribution in [0.15, 0.2) is 0 Å². The summed E-state index contributed by atoms with van der Waals surface area (Å²) in [6, 6.07) is 0. The predicted molar refractivity (Wildman–Crippen MR) is 58.9 cm³/mol. The first-order valence-electron chi connectivity index (χ1n) is 5.99. The highest BCUT2D eigenvalue weighted by atomic mass is 19.1. The summed E-state index contributed by atoms with van der Waals surface area (Å²) in [5, 5.41) is 0. The van der Waals surface area contributed by atoms with E-state index in [1.54, 1.807) is 0 Å². The zero-order chi connectivity index (χ0) is 10.6. The summed E-state index contributed by atoms with van der Waals surface area (Å²) in [6.07, 6.45) is 5.13. The quantitative estimate of drug-likeness (QED) is 0.726. The van der Waals surface area contributed by atoms with E-state index in [1.165, 1.54) is 25.7 Å². The summed E-state index contributed by atoms with van der Waals surface area (Å²) in [4.78, 5) is 0. The highest BCUT2D eigenvalue weighted by Gasteiger charge is 2.27. The zero-order valence-corrected chi connectivity index (χ0v) is 9.51. The summed E-state index contributed by atoms with van der Waals surface area (Å²) in [6.45, 7) is 4.63. The molecule has 2 atom stereocenters. The molecule has 2 N–H and O–H groups in total. The van der Waals surface area contributed by atoms with E-state index in [-0.39, 0.29) is 5.92 Å². The van der Waals surface area contributed by atoms with Gasteiger partial charge in [0.25, 0.3) is 0 Å². The molecule has 2 unspecified atom stereocenters. The normalized spacial score (nSPS) is 22.9. The molecule has 0 spiro atoms. The lowest BCUT2D eigenvalue weighted by Gasteiger charge is -2.25. The monoisotopic (exact) mass is 201 g/mol. The lowest BCUT2D eigenvalue weighted by atomic mass is 9.86. The molecule has 1 rings (SSSR count). The summed E-state index contributed by atoms with van der Waals surface area (Å²) in [5.41, 5.74) is 5.61. The van der Waals surface area contributed by atoms with Crippen LogP contribution in [0.1, 0.15) is 46.0 Å². The van der Waals surface area contributed by atoms with Gasteiger partial charge in [-0.1, -0.05) is 39.5 Å². The fraction of sp³-hybridized carbons (Fsp3) is 1.00. The van der Waals surface area contributed by atoms with Crippen molar-refractivity contribution in [2.75, 3.05) is 6.54 Å². The zero-order valence-electron chi connectivity index (χ0n) is 9.51. The van der Waals surface area contributed by atoms with Crippen LogP contribution in [0.25, 0.3) is 0 Å². The smallest absolute Gasteiger partial charge is 0.105 e. The molecule has 0 aromatic heterocycles. The van der Waals surface area contributed by atoms with Gasteiger partial charge >= 0.3 is 0 Å². The average Bonchev–Trinajstić information content (AvgIpc) is 2.57. The van der Waals surface area contributed by atoms with Gasteiger partial charge in [0.15, 0.2) is 0 Å². The number of alkyl halides is 1. The van der Waals surface area contributed by atoms with Gasteiger partial charge in [-0.15, -0.1) is 0 Å². The third kappa shape index (κ3) is 3.23. The van der Waals surface area contributed by atoms with E-state index in [2.05, 4.69) is 13.8 Å². The SMILES string of the molecule is CC(C)C(CN)C(F)CC1CCCC1. The minimum absolute atomic E-state index is 0.0654. The molecule has 84 valence electrons. The minimum atomic E-state index is -0.678. The Kier molecular flexibility index (Phi) is 4.86. The van der Waals surface area contributed by atoms with Crippen LogP contribution >= 0.6 is 0 Å². The Balaban J connectivity index is 2.34. The Morgan fingerprint density at radius 1 is 1.29 bits per heavy atom. The van der Waals surface area contributed by atoms with Crippen LogP contribution in [0, 0.1) is 17.8 Å². The molecule has 0 heterocycles. The van der Waals surface area contributed by atoms with E-state index < -0.39 is 6.17 Å². The molecule has 0 amide bonds. The molecular formula is C12H24FN. The number of halogens is 1. The maximum absolute atomic E-state index is 13.9. The molecule has 1 aliphatic carbocycles. The number of rotatable bonds is 5. The molecule has 2 heteroatoms. The molecular weight excluding hydrogens is 177 g/mol. The first kappa shape index (κ1) is 12.0. The Labute approximate surface area is 87.3 Å². The largest absolute Gasteiger partial charge is 0.330 e. The van der Waals surface area contributed by atoms with E-state index in [0.717, 1.165) is 6.42 Å². The van der Waals surface area contributed by atoms with Gasteiger partial charge < -0.3 is 5.73 Å². The van der Waals surface area contributed by atoms with Crippen molar-refractivity contribution in [2.24, 2.45) is 23.5 Å². The van der Waals surface area contributed by atoms with Gasteiger partial charge in [0.1, 0.15) is 6.17 Å². The van der Waals surface area contributed by atoms with Crippen LogP contribution in [0.2, 0.25) is 0 Å². The van der Waals surface area contributed by atoms with Crippen molar-refractivity contribution in [3.05, 3.63) is 0 Å². The Bertz CT molecular complexity index is 152. The molecule has 1 fully saturated rings. The van der Waals surface area contributed by atoms with Crippen molar-refractivity contribution in [2.45, 2.75) is 52.1 Å². The lowest BCUT2D eigenvalue weighted by Crippen LogP contribution is -2.30. The Morgan fingerprint density at radius 3 is 2.29 bits per heavy atom. The highest BCUT2D eigenvalue weighted by Crippen LogP contribution is 2.32. The molecule has 0 aromatic carbocycles. The second-order valence-corrected chi connectivity index (χ2v) is 5.05. The second-order valence-electron chi connectivity index (χ2n) is 5.05. The fourth-order valence-corrected chi connectivity index (χ4v) is 2.58. The maximum atomic E-state index is 13.9. The van der Waals surface area contributed by atoms with Crippen molar-refractivity contribution < 1.29 is 4.39 Å². The maximum Gasteiger partial charge on any atom is 0.105 e. The molecule has 0 aromatic rings. The van der Waals surface area contributed by atoms with Crippen molar-refractivity contribution in [1.29, 1.82) is 0 Å². The molecule has 0 aliphatic heterocycles. The van der Waals surface area contributed by atoms with Gasteiger partial charge in [-0.3, -0.25) is 0 Å². The number of hydrogen-bond acceptors (Lipinski definition) is 1. The van der Waals surface area contributed by atoms with Crippen LogP contribution in [0.3, 0.4) is 0 Å². The summed E-state index contributed by atoms with van der Waals surface area (Å²) >= 11 is 0. The molecule has 0 saturated heterocycles. The van der Waals surface area contributed by atoms with E-state index >= 15 is 0 Å². The van der Waals surface area contributed by atoms with Gasteiger partial charge in [0, 0.05) is 5.92 Å². The Hall–Kier alpha value is -0.110. The minimum Gasteiger partial charge on any atom is -0.330 e. The van der Waals surface area contributed by atoms with E-state index in [1.807, 2.05) is 0 Å². The van der Waals surface area contributed by atoms with Crippen molar-refractivity contribution in [1.82, 2.24) is 0 Å². The summed E-state index contributed by atoms with van der Waals surface area (Å²) in [7, 11) is 0. The molecule has 1 nitrogen and oxygen atoms in total. The Morgan fingerprint density at radius 2 is 1.86 bits per heavy atom. The van der Waals surface area contributed by atoms with Crippen molar-refractivity contribution in [3.8, 4) is 0 Å². The van der Waals surface area contributed by atoms with Crippen molar-refractivity contribution >= 4 is 0 Å². The molecule has 1 aliphatic rings. The third-order valence-corrected chi connectivity index (χ3v) is 3.63. The standard InChI is InChI=1S/C12H24FN/c1-9(2)11(8-14)12(13)7-10-5-3-4-6-10/h9-12H,3-8,14H2,1-2H3. The topological polar surface area (TPSA) is 26.0 Å². The average molecular weight is 201 g/mol. The van der Waals surface area contributed by atoms with Crippen LogP contribution in [0.4, 0.5) is 4.39 Å². The predicted octanol–water partition coefficient (Wildman–Crippen LogP) is 3.14. The van der Waals surface area contributed by atoms with Crippen LogP contribution in [0.5, 0.6) is 0 Å². The first-order chi connectivity index (χ1) is 6.65. The van der Waals surface area contributed by atoms with E-state index in [4.69, 9.17) is 5.73 Å². The lowest BCUT2D eigenvalue weighted by molar-refractivity contribution is 0.154. The third-order valence-electron chi connectivity index (χ3n) is 3.63. The van der Waals surface area contributed by atoms with Gasteiger partial charge in [-0.25, -0.2) is 4.39 Å². The molecule has 14 heavy (non-hydrogen) atoms. The van der Waals surface area contributed by atoms with Gasteiger partial charge in [0.2, 0.25) is 0 Å². The second kappa shape index (κ2) is 5.69.